The number of halogens is 1. The molecule has 0 amide bonds. The number of fused-ring (bicyclic) bond motifs is 1. The van der Waals surface area contributed by atoms with Crippen LogP contribution < -0.4 is 4.74 Å². The van der Waals surface area contributed by atoms with E-state index < -0.39 is 0 Å². The number of ether oxygens (including phenoxy) is 1. The molecule has 0 atom stereocenters. The molecule has 0 unspecified atom stereocenters. The molecule has 0 aliphatic carbocycles. The van der Waals surface area contributed by atoms with Gasteiger partial charge in [0, 0.05) is 11.8 Å². The first-order valence-corrected chi connectivity index (χ1v) is 7.40. The number of aryl methyl sites for hydroxylation is 1. The summed E-state index contributed by atoms with van der Waals surface area (Å²) < 4.78 is 6.77. The minimum Gasteiger partial charge on any atom is -0.438 e. The molecule has 1 N–H and O–H groups in total. The van der Waals surface area contributed by atoms with Crippen molar-refractivity contribution >= 4 is 26.7 Å². The van der Waals surface area contributed by atoms with E-state index in [0.717, 1.165) is 26.5 Å². The molecule has 106 valence electrons. The van der Waals surface area contributed by atoms with Gasteiger partial charge in [-0.15, -0.1) is 0 Å². The third-order valence-electron chi connectivity index (χ3n) is 3.21. The van der Waals surface area contributed by atoms with E-state index in [1.165, 1.54) is 0 Å². The number of rotatable bonds is 3. The fourth-order valence-corrected chi connectivity index (χ4v) is 2.83. The van der Waals surface area contributed by atoms with Crippen LogP contribution in [-0.2, 0) is 6.61 Å². The standard InChI is InChI=1S/C17H14BrNO2/c1-11-8-12(10-20)9-16(19-11)21-15-7-6-13-4-2-3-5-14(13)17(15)18/h2-9,20H,10H2,1H3. The van der Waals surface area contributed by atoms with Gasteiger partial charge in [-0.05, 0) is 51.3 Å². The number of hydrogen-bond acceptors (Lipinski definition) is 3. The summed E-state index contributed by atoms with van der Waals surface area (Å²) in [5.41, 5.74) is 1.60. The van der Waals surface area contributed by atoms with Crippen LogP contribution in [0.4, 0.5) is 0 Å². The van der Waals surface area contributed by atoms with Gasteiger partial charge in [-0.3, -0.25) is 0 Å². The molecular weight excluding hydrogens is 330 g/mol. The van der Waals surface area contributed by atoms with E-state index in [-0.39, 0.29) is 6.61 Å². The first kappa shape index (κ1) is 14.0. The molecule has 1 aromatic heterocycles. The summed E-state index contributed by atoms with van der Waals surface area (Å²) in [5, 5.41) is 11.5. The Kier molecular flexibility index (Phi) is 3.90. The van der Waals surface area contributed by atoms with Crippen molar-refractivity contribution < 1.29 is 9.84 Å². The second-order valence-electron chi connectivity index (χ2n) is 4.81. The number of hydrogen-bond donors (Lipinski definition) is 1. The summed E-state index contributed by atoms with van der Waals surface area (Å²) in [6, 6.07) is 15.6. The quantitative estimate of drug-likeness (QED) is 0.756. The largest absolute Gasteiger partial charge is 0.438 e. The normalized spacial score (nSPS) is 10.8. The van der Waals surface area contributed by atoms with Gasteiger partial charge in [0.1, 0.15) is 5.75 Å². The molecular formula is C17H14BrNO2. The SMILES string of the molecule is Cc1cc(CO)cc(Oc2ccc3ccccc3c2Br)n1. The lowest BCUT2D eigenvalue weighted by atomic mass is 10.1. The Morgan fingerprint density at radius 1 is 1.14 bits per heavy atom. The van der Waals surface area contributed by atoms with Crippen LogP contribution in [0.3, 0.4) is 0 Å². The lowest BCUT2D eigenvalue weighted by Crippen LogP contribution is -1.94. The van der Waals surface area contributed by atoms with E-state index >= 15 is 0 Å². The highest BCUT2D eigenvalue weighted by Gasteiger charge is 2.08. The van der Waals surface area contributed by atoms with E-state index in [1.54, 1.807) is 6.07 Å². The Balaban J connectivity index is 2.02. The molecule has 1 heterocycles. The number of aromatic nitrogens is 1. The number of benzene rings is 2. The smallest absolute Gasteiger partial charge is 0.219 e. The fraction of sp³-hybridized carbons (Fsp3) is 0.118. The molecule has 3 aromatic rings. The van der Waals surface area contributed by atoms with Gasteiger partial charge < -0.3 is 9.84 Å². The predicted octanol–water partition coefficient (Wildman–Crippen LogP) is 4.59. The molecule has 0 aliphatic rings. The zero-order chi connectivity index (χ0) is 14.8. The van der Waals surface area contributed by atoms with Gasteiger partial charge in [0.2, 0.25) is 5.88 Å². The summed E-state index contributed by atoms with van der Waals surface area (Å²) in [5.74, 6) is 1.19. The third-order valence-corrected chi connectivity index (χ3v) is 4.03. The first-order chi connectivity index (χ1) is 10.2. The topological polar surface area (TPSA) is 42.4 Å². The van der Waals surface area contributed by atoms with Gasteiger partial charge in [0.15, 0.2) is 0 Å². The maximum atomic E-state index is 9.26. The maximum Gasteiger partial charge on any atom is 0.219 e. The molecule has 2 aromatic carbocycles. The Labute approximate surface area is 131 Å². The molecule has 0 radical (unpaired) electrons. The Morgan fingerprint density at radius 2 is 1.95 bits per heavy atom. The molecule has 21 heavy (non-hydrogen) atoms. The van der Waals surface area contributed by atoms with Crippen LogP contribution in [-0.4, -0.2) is 10.1 Å². The van der Waals surface area contributed by atoms with Crippen molar-refractivity contribution in [3.63, 3.8) is 0 Å². The molecule has 3 nitrogen and oxygen atoms in total. The predicted molar refractivity (Wildman–Crippen MR) is 86.6 cm³/mol. The Morgan fingerprint density at radius 3 is 2.76 bits per heavy atom. The van der Waals surface area contributed by atoms with E-state index in [1.807, 2.05) is 43.3 Å². The highest BCUT2D eigenvalue weighted by Crippen LogP contribution is 2.35. The fourth-order valence-electron chi connectivity index (χ4n) is 2.26. The molecule has 4 heteroatoms. The zero-order valence-corrected chi connectivity index (χ0v) is 13.1. The molecule has 0 bridgehead atoms. The van der Waals surface area contributed by atoms with Gasteiger partial charge in [0.05, 0.1) is 11.1 Å². The molecule has 0 saturated carbocycles. The lowest BCUT2D eigenvalue weighted by molar-refractivity contribution is 0.281. The summed E-state index contributed by atoms with van der Waals surface area (Å²) in [6.45, 7) is 1.85. The number of pyridine rings is 1. The summed E-state index contributed by atoms with van der Waals surface area (Å²) >= 11 is 3.59. The van der Waals surface area contributed by atoms with Crippen LogP contribution in [0.25, 0.3) is 10.8 Å². The average Bonchev–Trinajstić information content (AvgIpc) is 2.50. The van der Waals surface area contributed by atoms with E-state index in [2.05, 4.69) is 27.0 Å². The minimum absolute atomic E-state index is 0.0292. The van der Waals surface area contributed by atoms with Crippen molar-refractivity contribution in [1.82, 2.24) is 4.98 Å². The number of aliphatic hydroxyl groups is 1. The average molecular weight is 344 g/mol. The van der Waals surface area contributed by atoms with Gasteiger partial charge in [-0.2, -0.15) is 0 Å². The third kappa shape index (κ3) is 2.91. The Hall–Kier alpha value is -1.91. The molecule has 0 aliphatic heterocycles. The summed E-state index contributed by atoms with van der Waals surface area (Å²) in [7, 11) is 0. The zero-order valence-electron chi connectivity index (χ0n) is 11.5. The van der Waals surface area contributed by atoms with Gasteiger partial charge in [-0.25, -0.2) is 4.98 Å². The Bertz CT molecular complexity index is 802. The second-order valence-corrected chi connectivity index (χ2v) is 5.61. The molecule has 0 fully saturated rings. The van der Waals surface area contributed by atoms with Crippen LogP contribution >= 0.6 is 15.9 Å². The molecule has 0 spiro atoms. The summed E-state index contributed by atoms with van der Waals surface area (Å²) in [6.07, 6.45) is 0. The van der Waals surface area contributed by atoms with Crippen LogP contribution in [0.5, 0.6) is 11.6 Å². The van der Waals surface area contributed by atoms with E-state index in [4.69, 9.17) is 4.74 Å². The van der Waals surface area contributed by atoms with Crippen LogP contribution in [0.1, 0.15) is 11.3 Å². The number of nitrogens with zero attached hydrogens (tertiary/aromatic N) is 1. The van der Waals surface area contributed by atoms with Crippen molar-refractivity contribution in [2.45, 2.75) is 13.5 Å². The van der Waals surface area contributed by atoms with Crippen molar-refractivity contribution in [2.75, 3.05) is 0 Å². The van der Waals surface area contributed by atoms with Gasteiger partial charge >= 0.3 is 0 Å². The molecule has 0 saturated heterocycles. The lowest BCUT2D eigenvalue weighted by Gasteiger charge is -2.10. The van der Waals surface area contributed by atoms with Crippen LogP contribution in [0.2, 0.25) is 0 Å². The van der Waals surface area contributed by atoms with Crippen molar-refractivity contribution in [3.05, 3.63) is 64.3 Å². The van der Waals surface area contributed by atoms with Crippen molar-refractivity contribution in [2.24, 2.45) is 0 Å². The highest BCUT2D eigenvalue weighted by molar-refractivity contribution is 9.10. The maximum absolute atomic E-state index is 9.26. The monoisotopic (exact) mass is 343 g/mol. The van der Waals surface area contributed by atoms with Crippen LogP contribution in [0, 0.1) is 6.92 Å². The summed E-state index contributed by atoms with van der Waals surface area (Å²) in [4.78, 5) is 4.34. The van der Waals surface area contributed by atoms with Crippen molar-refractivity contribution in [3.8, 4) is 11.6 Å². The minimum atomic E-state index is -0.0292. The molecule has 3 rings (SSSR count). The first-order valence-electron chi connectivity index (χ1n) is 6.61. The van der Waals surface area contributed by atoms with E-state index in [9.17, 15) is 5.11 Å². The van der Waals surface area contributed by atoms with Crippen LogP contribution in [0.15, 0.2) is 53.0 Å². The van der Waals surface area contributed by atoms with Gasteiger partial charge in [0.25, 0.3) is 0 Å². The van der Waals surface area contributed by atoms with Gasteiger partial charge in [-0.1, -0.05) is 30.3 Å². The van der Waals surface area contributed by atoms with E-state index in [0.29, 0.717) is 11.6 Å². The number of aliphatic hydroxyl groups excluding tert-OH is 1. The van der Waals surface area contributed by atoms with Crippen molar-refractivity contribution in [1.29, 1.82) is 0 Å². The second kappa shape index (κ2) is 5.84. The highest BCUT2D eigenvalue weighted by atomic mass is 79.9.